The molecule has 1 aromatic rings. The molecule has 0 aliphatic heterocycles. The Labute approximate surface area is 102 Å². The van der Waals surface area contributed by atoms with Gasteiger partial charge in [0, 0.05) is 5.69 Å². The average molecular weight is 236 g/mol. The van der Waals surface area contributed by atoms with E-state index in [4.69, 9.17) is 10.5 Å². The Morgan fingerprint density at radius 2 is 2.06 bits per heavy atom. The molecule has 4 nitrogen and oxygen atoms in total. The molecule has 0 radical (unpaired) electrons. The zero-order valence-electron chi connectivity index (χ0n) is 10.8. The van der Waals surface area contributed by atoms with Crippen LogP contribution in [0, 0.1) is 12.8 Å². The smallest absolute Gasteiger partial charge is 0.241 e. The summed E-state index contributed by atoms with van der Waals surface area (Å²) in [6, 6.07) is 5.01. The molecule has 1 amide bonds. The summed E-state index contributed by atoms with van der Waals surface area (Å²) >= 11 is 0. The highest BCUT2D eigenvalue weighted by Gasteiger charge is 2.17. The van der Waals surface area contributed by atoms with Gasteiger partial charge in [-0.3, -0.25) is 4.79 Å². The second kappa shape index (κ2) is 5.68. The zero-order valence-corrected chi connectivity index (χ0v) is 10.8. The highest BCUT2D eigenvalue weighted by molar-refractivity contribution is 5.95. The fourth-order valence-electron chi connectivity index (χ4n) is 1.42. The van der Waals surface area contributed by atoms with E-state index in [0.29, 0.717) is 0 Å². The first kappa shape index (κ1) is 13.5. The van der Waals surface area contributed by atoms with Crippen molar-refractivity contribution in [1.82, 2.24) is 0 Å². The monoisotopic (exact) mass is 236 g/mol. The van der Waals surface area contributed by atoms with E-state index >= 15 is 0 Å². The van der Waals surface area contributed by atoms with Crippen LogP contribution in [0.15, 0.2) is 18.2 Å². The van der Waals surface area contributed by atoms with Gasteiger partial charge in [0.25, 0.3) is 0 Å². The molecule has 0 unspecified atom stereocenters. The van der Waals surface area contributed by atoms with Crippen LogP contribution in [0.2, 0.25) is 0 Å². The lowest BCUT2D eigenvalue weighted by Crippen LogP contribution is -2.39. The summed E-state index contributed by atoms with van der Waals surface area (Å²) < 4.78 is 5.10. The molecule has 1 rings (SSSR count). The largest absolute Gasteiger partial charge is 0.497 e. The van der Waals surface area contributed by atoms with E-state index in [1.54, 1.807) is 7.11 Å². The van der Waals surface area contributed by atoms with E-state index in [-0.39, 0.29) is 11.8 Å². The quantitative estimate of drug-likeness (QED) is 0.839. The lowest BCUT2D eigenvalue weighted by molar-refractivity contribution is -0.118. The number of nitrogens with two attached hydrogens (primary N) is 1. The number of carbonyl (C=O) groups excluding carboxylic acids is 1. The fraction of sp³-hybridized carbons (Fsp3) is 0.462. The van der Waals surface area contributed by atoms with Gasteiger partial charge < -0.3 is 15.8 Å². The van der Waals surface area contributed by atoms with E-state index in [1.807, 2.05) is 39.0 Å². The Kier molecular flexibility index (Phi) is 4.52. The second-order valence-electron chi connectivity index (χ2n) is 4.44. The summed E-state index contributed by atoms with van der Waals surface area (Å²) in [7, 11) is 1.61. The topological polar surface area (TPSA) is 64.3 Å². The predicted molar refractivity (Wildman–Crippen MR) is 69.2 cm³/mol. The number of benzene rings is 1. The lowest BCUT2D eigenvalue weighted by atomic mass is 10.0. The summed E-state index contributed by atoms with van der Waals surface area (Å²) in [6.45, 7) is 5.76. The average Bonchev–Trinajstić information content (AvgIpc) is 2.30. The number of rotatable bonds is 4. The van der Waals surface area contributed by atoms with E-state index in [2.05, 4.69) is 5.32 Å². The molecule has 0 aliphatic rings. The molecule has 4 heteroatoms. The second-order valence-corrected chi connectivity index (χ2v) is 4.44. The van der Waals surface area contributed by atoms with Gasteiger partial charge in [-0.05, 0) is 36.6 Å². The van der Waals surface area contributed by atoms with Gasteiger partial charge in [0.2, 0.25) is 5.91 Å². The molecule has 0 spiro atoms. The number of hydrogen-bond acceptors (Lipinski definition) is 3. The normalized spacial score (nSPS) is 12.4. The molecule has 94 valence electrons. The minimum absolute atomic E-state index is 0.119. The number of ether oxygens (including phenoxy) is 1. The maximum atomic E-state index is 11.8. The Morgan fingerprint density at radius 3 is 2.53 bits per heavy atom. The molecule has 0 aliphatic carbocycles. The van der Waals surface area contributed by atoms with Gasteiger partial charge in [-0.15, -0.1) is 0 Å². The number of amides is 1. The van der Waals surface area contributed by atoms with Crippen LogP contribution in [-0.4, -0.2) is 19.1 Å². The first-order valence-electron chi connectivity index (χ1n) is 5.66. The number of nitrogens with one attached hydrogen (secondary N) is 1. The zero-order chi connectivity index (χ0) is 13.0. The standard InChI is InChI=1S/C13H20N2O2/c1-8(2)12(14)13(16)15-11-6-5-10(17-4)7-9(11)3/h5-8,12H,14H2,1-4H3,(H,15,16)/t12-/m1/s1. The summed E-state index contributed by atoms with van der Waals surface area (Å²) in [5, 5.41) is 2.82. The minimum Gasteiger partial charge on any atom is -0.497 e. The SMILES string of the molecule is COc1ccc(NC(=O)[C@H](N)C(C)C)c(C)c1. The van der Waals surface area contributed by atoms with Crippen LogP contribution in [0.3, 0.4) is 0 Å². The Hall–Kier alpha value is -1.55. The van der Waals surface area contributed by atoms with Crippen LogP contribution in [0.5, 0.6) is 5.75 Å². The van der Waals surface area contributed by atoms with Crippen LogP contribution in [-0.2, 0) is 4.79 Å². The molecule has 0 heterocycles. The Bertz CT molecular complexity index is 402. The van der Waals surface area contributed by atoms with Crippen LogP contribution in [0.25, 0.3) is 0 Å². The molecule has 0 fully saturated rings. The van der Waals surface area contributed by atoms with Gasteiger partial charge in [0.1, 0.15) is 5.75 Å². The summed E-state index contributed by atoms with van der Waals surface area (Å²) in [6.07, 6.45) is 0. The maximum Gasteiger partial charge on any atom is 0.241 e. The molecule has 1 atom stereocenters. The highest BCUT2D eigenvalue weighted by Crippen LogP contribution is 2.21. The molecule has 1 aromatic carbocycles. The third kappa shape index (κ3) is 3.46. The van der Waals surface area contributed by atoms with Gasteiger partial charge in [-0.1, -0.05) is 13.8 Å². The van der Waals surface area contributed by atoms with Gasteiger partial charge in [-0.25, -0.2) is 0 Å². The number of carbonyl (C=O) groups is 1. The minimum atomic E-state index is -0.489. The third-order valence-electron chi connectivity index (χ3n) is 2.71. The van der Waals surface area contributed by atoms with Crippen molar-refractivity contribution in [2.24, 2.45) is 11.7 Å². The Morgan fingerprint density at radius 1 is 1.41 bits per heavy atom. The molecule has 17 heavy (non-hydrogen) atoms. The number of hydrogen-bond donors (Lipinski definition) is 2. The van der Waals surface area contributed by atoms with E-state index < -0.39 is 6.04 Å². The van der Waals surface area contributed by atoms with Crippen LogP contribution in [0.1, 0.15) is 19.4 Å². The Balaban J connectivity index is 2.78. The van der Waals surface area contributed by atoms with Crippen molar-refractivity contribution >= 4 is 11.6 Å². The van der Waals surface area contributed by atoms with E-state index in [0.717, 1.165) is 17.0 Å². The number of anilines is 1. The third-order valence-corrected chi connectivity index (χ3v) is 2.71. The molecule has 0 bridgehead atoms. The van der Waals surface area contributed by atoms with Crippen LogP contribution < -0.4 is 15.8 Å². The summed E-state index contributed by atoms with van der Waals surface area (Å²) in [5.74, 6) is 0.732. The maximum absolute atomic E-state index is 11.8. The van der Waals surface area contributed by atoms with Crippen LogP contribution >= 0.6 is 0 Å². The van der Waals surface area contributed by atoms with Crippen molar-refractivity contribution in [3.05, 3.63) is 23.8 Å². The summed E-state index contributed by atoms with van der Waals surface area (Å²) in [5.41, 5.74) is 7.50. The molecule has 0 saturated carbocycles. The first-order chi connectivity index (χ1) is 7.95. The number of aryl methyl sites for hydroxylation is 1. The van der Waals surface area contributed by atoms with Gasteiger partial charge in [0.05, 0.1) is 13.2 Å². The molecular formula is C13H20N2O2. The molecule has 3 N–H and O–H groups in total. The molecule has 0 aromatic heterocycles. The summed E-state index contributed by atoms with van der Waals surface area (Å²) in [4.78, 5) is 11.8. The van der Waals surface area contributed by atoms with Gasteiger partial charge in [0.15, 0.2) is 0 Å². The van der Waals surface area contributed by atoms with Crippen molar-refractivity contribution in [3.63, 3.8) is 0 Å². The fourth-order valence-corrected chi connectivity index (χ4v) is 1.42. The van der Waals surface area contributed by atoms with Gasteiger partial charge >= 0.3 is 0 Å². The van der Waals surface area contributed by atoms with Crippen molar-refractivity contribution in [1.29, 1.82) is 0 Å². The van der Waals surface area contributed by atoms with Crippen molar-refractivity contribution < 1.29 is 9.53 Å². The highest BCUT2D eigenvalue weighted by atomic mass is 16.5. The number of methoxy groups -OCH3 is 1. The van der Waals surface area contributed by atoms with Crippen molar-refractivity contribution in [3.8, 4) is 5.75 Å². The van der Waals surface area contributed by atoms with Gasteiger partial charge in [-0.2, -0.15) is 0 Å². The predicted octanol–water partition coefficient (Wildman–Crippen LogP) is 1.93. The van der Waals surface area contributed by atoms with Crippen molar-refractivity contribution in [2.45, 2.75) is 26.8 Å². The molecule has 0 saturated heterocycles. The van der Waals surface area contributed by atoms with E-state index in [9.17, 15) is 4.79 Å². The van der Waals surface area contributed by atoms with E-state index in [1.165, 1.54) is 0 Å². The first-order valence-corrected chi connectivity index (χ1v) is 5.66. The van der Waals surface area contributed by atoms with Crippen LogP contribution in [0.4, 0.5) is 5.69 Å². The molecular weight excluding hydrogens is 216 g/mol. The van der Waals surface area contributed by atoms with Crippen molar-refractivity contribution in [2.75, 3.05) is 12.4 Å². The lowest BCUT2D eigenvalue weighted by Gasteiger charge is -2.16.